The van der Waals surface area contributed by atoms with Crippen molar-refractivity contribution in [3.8, 4) is 11.6 Å². The average Bonchev–Trinajstić information content (AvgIpc) is 3.36. The van der Waals surface area contributed by atoms with Crippen molar-refractivity contribution in [3.63, 3.8) is 0 Å². The zero-order valence-electron chi connectivity index (χ0n) is 22.8. The van der Waals surface area contributed by atoms with Crippen molar-refractivity contribution in [2.75, 3.05) is 0 Å². The molecule has 0 amide bonds. The van der Waals surface area contributed by atoms with Crippen LogP contribution in [0.25, 0.3) is 11.6 Å². The molecular formula is C29H38N6. The topological polar surface area (TPSA) is 61.4 Å². The van der Waals surface area contributed by atoms with Crippen LogP contribution in [0, 0.1) is 13.8 Å². The predicted molar refractivity (Wildman–Crippen MR) is 142 cm³/mol. The second-order valence-electron chi connectivity index (χ2n) is 12.0. The highest BCUT2D eigenvalue weighted by Gasteiger charge is 2.29. The summed E-state index contributed by atoms with van der Waals surface area (Å²) in [7, 11) is 0. The first-order valence-electron chi connectivity index (χ1n) is 12.3. The minimum absolute atomic E-state index is 0.0190. The highest BCUT2D eigenvalue weighted by molar-refractivity contribution is 5.39. The SMILES string of the molecule is Cc1c(C(C)(C)C)ncn1-c1cccc(C(C)(C)c2cccc(-n3cnc(C(C)(C)C)c3C)n2)n1. The van der Waals surface area contributed by atoms with E-state index in [9.17, 15) is 0 Å². The van der Waals surface area contributed by atoms with Crippen LogP contribution in [0.5, 0.6) is 0 Å². The molecule has 4 aromatic heterocycles. The van der Waals surface area contributed by atoms with Gasteiger partial charge in [-0.15, -0.1) is 0 Å². The van der Waals surface area contributed by atoms with Gasteiger partial charge in [0.1, 0.15) is 24.3 Å². The van der Waals surface area contributed by atoms with E-state index in [4.69, 9.17) is 9.97 Å². The van der Waals surface area contributed by atoms with Crippen molar-refractivity contribution >= 4 is 0 Å². The third-order valence-electron chi connectivity index (χ3n) is 6.68. The minimum atomic E-state index is -0.394. The molecule has 0 spiro atoms. The van der Waals surface area contributed by atoms with E-state index in [1.165, 1.54) is 0 Å². The molecule has 0 aliphatic carbocycles. The molecule has 0 aromatic carbocycles. The lowest BCUT2D eigenvalue weighted by molar-refractivity contribution is 0.566. The summed E-state index contributed by atoms with van der Waals surface area (Å²) < 4.78 is 4.15. The molecule has 0 atom stereocenters. The first-order valence-corrected chi connectivity index (χ1v) is 12.3. The molecule has 4 aromatic rings. The molecule has 4 heterocycles. The van der Waals surface area contributed by atoms with Crippen molar-refractivity contribution in [1.82, 2.24) is 29.1 Å². The highest BCUT2D eigenvalue weighted by Crippen LogP contribution is 2.32. The van der Waals surface area contributed by atoms with Crippen molar-refractivity contribution < 1.29 is 0 Å². The number of imidazole rings is 2. The number of rotatable bonds is 4. The van der Waals surface area contributed by atoms with Crippen molar-refractivity contribution in [2.24, 2.45) is 0 Å². The molecule has 35 heavy (non-hydrogen) atoms. The van der Waals surface area contributed by atoms with Crippen molar-refractivity contribution in [1.29, 1.82) is 0 Å². The highest BCUT2D eigenvalue weighted by atomic mass is 15.1. The number of pyridine rings is 2. The molecule has 0 unspecified atom stereocenters. The predicted octanol–water partition coefficient (Wildman–Crippen LogP) is 6.39. The van der Waals surface area contributed by atoms with Gasteiger partial charge in [0.2, 0.25) is 0 Å². The zero-order chi connectivity index (χ0) is 25.8. The summed E-state index contributed by atoms with van der Waals surface area (Å²) in [5, 5.41) is 0. The molecule has 0 saturated heterocycles. The van der Waals surface area contributed by atoms with Crippen LogP contribution in [0.1, 0.15) is 89.6 Å². The van der Waals surface area contributed by atoms with Crippen LogP contribution in [0.4, 0.5) is 0 Å². The smallest absolute Gasteiger partial charge is 0.138 e. The largest absolute Gasteiger partial charge is 0.287 e. The molecule has 0 fully saturated rings. The summed E-state index contributed by atoms with van der Waals surface area (Å²) in [5.41, 5.74) is 5.90. The summed E-state index contributed by atoms with van der Waals surface area (Å²) in [6, 6.07) is 12.4. The molecule has 6 heteroatoms. The average molecular weight is 471 g/mol. The number of hydrogen-bond donors (Lipinski definition) is 0. The van der Waals surface area contributed by atoms with E-state index in [1.54, 1.807) is 0 Å². The summed E-state index contributed by atoms with van der Waals surface area (Å²) >= 11 is 0. The van der Waals surface area contributed by atoms with E-state index in [1.807, 2.05) is 24.8 Å². The van der Waals surface area contributed by atoms with Gasteiger partial charge in [-0.3, -0.25) is 9.13 Å². The van der Waals surface area contributed by atoms with Crippen LogP contribution in [-0.2, 0) is 16.2 Å². The fourth-order valence-corrected chi connectivity index (χ4v) is 4.70. The normalized spacial score (nSPS) is 12.9. The first-order chi connectivity index (χ1) is 16.2. The van der Waals surface area contributed by atoms with Gasteiger partial charge in [0.25, 0.3) is 0 Å². The Morgan fingerprint density at radius 2 is 0.943 bits per heavy atom. The van der Waals surface area contributed by atoms with E-state index < -0.39 is 5.41 Å². The Hall–Kier alpha value is -3.28. The lowest BCUT2D eigenvalue weighted by Gasteiger charge is -2.25. The summed E-state index contributed by atoms with van der Waals surface area (Å²) in [5.74, 6) is 1.74. The summed E-state index contributed by atoms with van der Waals surface area (Å²) in [6.45, 7) is 21.7. The Labute approximate surface area is 209 Å². The molecule has 0 radical (unpaired) electrons. The van der Waals surface area contributed by atoms with E-state index in [2.05, 4.69) is 113 Å². The molecule has 0 aliphatic rings. The molecule has 0 aliphatic heterocycles. The van der Waals surface area contributed by atoms with E-state index in [0.29, 0.717) is 0 Å². The maximum Gasteiger partial charge on any atom is 0.138 e. The van der Waals surface area contributed by atoms with Crippen molar-refractivity contribution in [2.45, 2.75) is 85.5 Å². The van der Waals surface area contributed by atoms with Crippen LogP contribution in [-0.4, -0.2) is 29.1 Å². The van der Waals surface area contributed by atoms with Gasteiger partial charge in [-0.25, -0.2) is 19.9 Å². The number of nitrogens with zero attached hydrogens (tertiary/aromatic N) is 6. The first kappa shape index (κ1) is 24.8. The molecular weight excluding hydrogens is 432 g/mol. The maximum absolute atomic E-state index is 5.07. The molecule has 6 nitrogen and oxygen atoms in total. The second kappa shape index (κ2) is 8.43. The second-order valence-corrected chi connectivity index (χ2v) is 12.0. The van der Waals surface area contributed by atoms with Gasteiger partial charge in [0, 0.05) is 27.6 Å². The van der Waals surface area contributed by atoms with Gasteiger partial charge in [-0.2, -0.15) is 0 Å². The van der Waals surface area contributed by atoms with Gasteiger partial charge in [-0.1, -0.05) is 53.7 Å². The quantitative estimate of drug-likeness (QED) is 0.347. The van der Waals surface area contributed by atoms with Gasteiger partial charge in [-0.05, 0) is 52.0 Å². The maximum atomic E-state index is 5.07. The molecule has 0 bridgehead atoms. The third-order valence-corrected chi connectivity index (χ3v) is 6.68. The van der Waals surface area contributed by atoms with Crippen LogP contribution >= 0.6 is 0 Å². The fourth-order valence-electron chi connectivity index (χ4n) is 4.70. The van der Waals surface area contributed by atoms with Crippen molar-refractivity contribution in [3.05, 3.63) is 83.2 Å². The lowest BCUT2D eigenvalue weighted by Crippen LogP contribution is -2.23. The van der Waals surface area contributed by atoms with E-state index in [-0.39, 0.29) is 10.8 Å². The van der Waals surface area contributed by atoms with Gasteiger partial charge in [0.15, 0.2) is 0 Å². The Kier molecular flexibility index (Phi) is 5.98. The number of hydrogen-bond acceptors (Lipinski definition) is 4. The minimum Gasteiger partial charge on any atom is -0.287 e. The van der Waals surface area contributed by atoms with Crippen LogP contribution in [0.3, 0.4) is 0 Å². The van der Waals surface area contributed by atoms with E-state index in [0.717, 1.165) is 45.8 Å². The Bertz CT molecular complexity index is 1250. The van der Waals surface area contributed by atoms with Gasteiger partial charge in [0.05, 0.1) is 22.8 Å². The summed E-state index contributed by atoms with van der Waals surface area (Å²) in [4.78, 5) is 19.5. The lowest BCUT2D eigenvalue weighted by atomic mass is 9.84. The Morgan fingerprint density at radius 3 is 1.26 bits per heavy atom. The molecule has 184 valence electrons. The molecule has 4 rings (SSSR count). The van der Waals surface area contributed by atoms with Crippen LogP contribution in [0.15, 0.2) is 49.1 Å². The Balaban J connectivity index is 1.73. The standard InChI is InChI=1S/C29H38N6/c1-19-25(27(3,4)5)30-17-34(19)23-15-11-13-21(32-23)29(9,10)22-14-12-16-24(33-22)35-18-31-26(20(35)2)28(6,7)8/h11-18H,1-10H3. The zero-order valence-corrected chi connectivity index (χ0v) is 22.8. The number of aromatic nitrogens is 6. The monoisotopic (exact) mass is 470 g/mol. The van der Waals surface area contributed by atoms with Gasteiger partial charge >= 0.3 is 0 Å². The van der Waals surface area contributed by atoms with Crippen LogP contribution in [0.2, 0.25) is 0 Å². The molecule has 0 saturated carbocycles. The van der Waals surface area contributed by atoms with E-state index >= 15 is 0 Å². The third kappa shape index (κ3) is 4.54. The van der Waals surface area contributed by atoms with Gasteiger partial charge < -0.3 is 0 Å². The Morgan fingerprint density at radius 1 is 0.571 bits per heavy atom. The fraction of sp³-hybridized carbons (Fsp3) is 0.448. The summed E-state index contributed by atoms with van der Waals surface area (Å²) in [6.07, 6.45) is 3.76. The van der Waals surface area contributed by atoms with Crippen LogP contribution < -0.4 is 0 Å². The molecule has 0 N–H and O–H groups in total.